The number of alkyl halides is 3. The van der Waals surface area contributed by atoms with E-state index >= 15 is 0 Å². The molecule has 0 fully saturated rings. The number of carbonyl (C=O) groups excluding carboxylic acids is 3. The van der Waals surface area contributed by atoms with Gasteiger partial charge in [0.15, 0.2) is 5.78 Å². The van der Waals surface area contributed by atoms with Gasteiger partial charge in [-0.15, -0.1) is 0 Å². The fraction of sp³-hybridized carbons (Fsp3) is 0.333. The van der Waals surface area contributed by atoms with Gasteiger partial charge < -0.3 is 26.6 Å². The van der Waals surface area contributed by atoms with Crippen molar-refractivity contribution in [3.63, 3.8) is 0 Å². The summed E-state index contributed by atoms with van der Waals surface area (Å²) in [5.41, 5.74) is 7.22. The minimum absolute atomic E-state index is 0.00387. The molecule has 2 amide bonds. The number of ketones is 1. The first-order chi connectivity index (χ1) is 16.7. The Hall–Kier alpha value is -3.77. The smallest absolute Gasteiger partial charge is 0.475 e. The minimum Gasteiger partial charge on any atom is -0.475 e. The highest BCUT2D eigenvalue weighted by molar-refractivity contribution is 6.09. The summed E-state index contributed by atoms with van der Waals surface area (Å²) in [6, 6.07) is 15.2. The van der Waals surface area contributed by atoms with Crippen molar-refractivity contribution >= 4 is 23.6 Å². The predicted molar refractivity (Wildman–Crippen MR) is 124 cm³/mol. The molecule has 2 unspecified atom stereocenters. The molecule has 0 aliphatic rings. The Bertz CT molecular complexity index is 1040. The van der Waals surface area contributed by atoms with Crippen LogP contribution < -0.4 is 16.4 Å². The van der Waals surface area contributed by atoms with Crippen molar-refractivity contribution < 1.29 is 42.6 Å². The van der Waals surface area contributed by atoms with Crippen LogP contribution in [0.3, 0.4) is 0 Å². The highest BCUT2D eigenvalue weighted by atomic mass is 19.4. The lowest BCUT2D eigenvalue weighted by Crippen LogP contribution is -2.45. The molecule has 0 saturated heterocycles. The van der Waals surface area contributed by atoms with E-state index in [1.165, 1.54) is 0 Å². The van der Waals surface area contributed by atoms with Gasteiger partial charge in [-0.25, -0.2) is 4.79 Å². The second-order valence-electron chi connectivity index (χ2n) is 7.78. The molecule has 0 aliphatic heterocycles. The number of hydrogen-bond acceptors (Lipinski definition) is 6. The quantitative estimate of drug-likeness (QED) is 0.320. The Morgan fingerprint density at radius 1 is 0.889 bits per heavy atom. The number of aliphatic hydroxyl groups is 1. The van der Waals surface area contributed by atoms with Crippen LogP contribution in [-0.2, 0) is 14.4 Å². The zero-order chi connectivity index (χ0) is 27.5. The van der Waals surface area contributed by atoms with Gasteiger partial charge in [0.1, 0.15) is 0 Å². The molecule has 6 N–H and O–H groups in total. The molecule has 3 atom stereocenters. The Balaban J connectivity index is 0.000000809. The molecule has 2 aromatic rings. The van der Waals surface area contributed by atoms with E-state index in [1.807, 2.05) is 6.07 Å². The Labute approximate surface area is 205 Å². The number of carboxylic acid groups (broad SMARTS) is 1. The van der Waals surface area contributed by atoms with Crippen LogP contribution in [0.4, 0.5) is 13.2 Å². The van der Waals surface area contributed by atoms with Crippen molar-refractivity contribution in [2.75, 3.05) is 13.1 Å². The number of nitrogens with one attached hydrogen (secondary N) is 2. The van der Waals surface area contributed by atoms with Crippen LogP contribution >= 0.6 is 0 Å². The topological polar surface area (TPSA) is 159 Å². The molecule has 36 heavy (non-hydrogen) atoms. The van der Waals surface area contributed by atoms with Gasteiger partial charge >= 0.3 is 12.1 Å². The Morgan fingerprint density at radius 2 is 1.39 bits per heavy atom. The molecule has 12 heteroatoms. The zero-order valence-corrected chi connectivity index (χ0v) is 19.6. The SMILES string of the molecule is CC(C(=O)NCC(O)CNC(=O)[C@H](C)N)c1cccc(C(=O)c2ccccc2)c1.O=C(O)C(F)(F)F. The molecule has 0 spiro atoms. The molecule has 0 heterocycles. The number of carbonyl (C=O) groups is 4. The summed E-state index contributed by atoms with van der Waals surface area (Å²) >= 11 is 0. The number of carboxylic acids is 1. The van der Waals surface area contributed by atoms with Crippen molar-refractivity contribution in [1.29, 1.82) is 0 Å². The molecule has 9 nitrogen and oxygen atoms in total. The maximum atomic E-state index is 12.6. The van der Waals surface area contributed by atoms with Gasteiger partial charge in [0, 0.05) is 24.2 Å². The Kier molecular flexibility index (Phi) is 11.7. The summed E-state index contributed by atoms with van der Waals surface area (Å²) in [7, 11) is 0. The standard InChI is InChI=1S/C22H27N3O4.C2HF3O2/c1-14(21(28)24-12-19(26)13-25-22(29)15(2)23)17-9-6-10-18(11-17)20(27)16-7-4-3-5-8-16;3-2(4,5)1(6)7/h3-11,14-15,19,26H,12-13,23H2,1-2H3,(H,24,28)(H,25,29);(H,6,7)/t14?,15-,19?;/m0./s1. The predicted octanol–water partition coefficient (Wildman–Crippen LogP) is 1.59. The number of benzene rings is 2. The number of halogens is 3. The lowest BCUT2D eigenvalue weighted by molar-refractivity contribution is -0.192. The normalized spacial score (nSPS) is 13.3. The van der Waals surface area contributed by atoms with Gasteiger partial charge in [-0.2, -0.15) is 13.2 Å². The van der Waals surface area contributed by atoms with Crippen LogP contribution in [0.5, 0.6) is 0 Å². The van der Waals surface area contributed by atoms with E-state index in [9.17, 15) is 32.7 Å². The average molecular weight is 511 g/mol. The molecule has 196 valence electrons. The van der Waals surface area contributed by atoms with Crippen LogP contribution in [0, 0.1) is 0 Å². The molecule has 2 rings (SSSR count). The number of hydrogen-bond donors (Lipinski definition) is 5. The third-order valence-corrected chi connectivity index (χ3v) is 4.76. The van der Waals surface area contributed by atoms with Crippen molar-refractivity contribution in [3.05, 3.63) is 71.3 Å². The van der Waals surface area contributed by atoms with E-state index in [-0.39, 0.29) is 30.7 Å². The second-order valence-corrected chi connectivity index (χ2v) is 7.78. The summed E-state index contributed by atoms with van der Waals surface area (Å²) in [4.78, 5) is 45.3. The molecular weight excluding hydrogens is 483 g/mol. The second kappa shape index (κ2) is 14.0. The fourth-order valence-electron chi connectivity index (χ4n) is 2.68. The van der Waals surface area contributed by atoms with Crippen LogP contribution in [0.15, 0.2) is 54.6 Å². The number of rotatable bonds is 9. The minimum atomic E-state index is -5.08. The first-order valence-electron chi connectivity index (χ1n) is 10.7. The maximum Gasteiger partial charge on any atom is 0.490 e. The molecule has 0 saturated carbocycles. The van der Waals surface area contributed by atoms with E-state index < -0.39 is 30.2 Å². The largest absolute Gasteiger partial charge is 0.490 e. The number of nitrogens with two attached hydrogens (primary N) is 1. The lowest BCUT2D eigenvalue weighted by Gasteiger charge is -2.17. The van der Waals surface area contributed by atoms with Gasteiger partial charge in [-0.3, -0.25) is 14.4 Å². The van der Waals surface area contributed by atoms with Crippen molar-refractivity contribution in [2.24, 2.45) is 5.73 Å². The number of aliphatic carboxylic acids is 1. The Morgan fingerprint density at radius 3 is 1.89 bits per heavy atom. The van der Waals surface area contributed by atoms with Crippen LogP contribution in [0.25, 0.3) is 0 Å². The first-order valence-corrected chi connectivity index (χ1v) is 10.7. The fourth-order valence-corrected chi connectivity index (χ4v) is 2.68. The van der Waals surface area contributed by atoms with Gasteiger partial charge in [0.25, 0.3) is 0 Å². The van der Waals surface area contributed by atoms with E-state index in [0.29, 0.717) is 16.7 Å². The third-order valence-electron chi connectivity index (χ3n) is 4.76. The summed E-state index contributed by atoms with van der Waals surface area (Å²) in [6.07, 6.45) is -6.01. The zero-order valence-electron chi connectivity index (χ0n) is 19.6. The number of aliphatic hydroxyl groups excluding tert-OH is 1. The van der Waals surface area contributed by atoms with Gasteiger partial charge in [-0.1, -0.05) is 48.5 Å². The van der Waals surface area contributed by atoms with Gasteiger partial charge in [0.2, 0.25) is 11.8 Å². The van der Waals surface area contributed by atoms with E-state index in [1.54, 1.807) is 62.4 Å². The first kappa shape index (κ1) is 30.3. The van der Waals surface area contributed by atoms with Crippen LogP contribution in [-0.4, -0.2) is 65.2 Å². The lowest BCUT2D eigenvalue weighted by atomic mass is 9.95. The molecule has 0 bridgehead atoms. The van der Waals surface area contributed by atoms with E-state index in [4.69, 9.17) is 15.6 Å². The van der Waals surface area contributed by atoms with E-state index in [0.717, 1.165) is 0 Å². The van der Waals surface area contributed by atoms with Gasteiger partial charge in [0.05, 0.1) is 18.1 Å². The molecule has 0 radical (unpaired) electrons. The van der Waals surface area contributed by atoms with Crippen molar-refractivity contribution in [2.45, 2.75) is 38.1 Å². The molecule has 2 aromatic carbocycles. The van der Waals surface area contributed by atoms with Crippen molar-refractivity contribution in [3.8, 4) is 0 Å². The van der Waals surface area contributed by atoms with E-state index in [2.05, 4.69) is 10.6 Å². The number of amides is 2. The average Bonchev–Trinajstić information content (AvgIpc) is 2.85. The highest BCUT2D eigenvalue weighted by Crippen LogP contribution is 2.19. The monoisotopic (exact) mass is 511 g/mol. The summed E-state index contributed by atoms with van der Waals surface area (Å²) in [6.45, 7) is 3.26. The highest BCUT2D eigenvalue weighted by Gasteiger charge is 2.38. The molecule has 0 aliphatic carbocycles. The van der Waals surface area contributed by atoms with Gasteiger partial charge in [-0.05, 0) is 25.5 Å². The van der Waals surface area contributed by atoms with Crippen LogP contribution in [0.1, 0.15) is 41.3 Å². The summed E-state index contributed by atoms with van der Waals surface area (Å²) in [5.74, 6) is -4.03. The summed E-state index contributed by atoms with van der Waals surface area (Å²) < 4.78 is 31.7. The van der Waals surface area contributed by atoms with Crippen LogP contribution in [0.2, 0.25) is 0 Å². The molecular formula is C24H28F3N3O6. The molecule has 0 aromatic heterocycles. The van der Waals surface area contributed by atoms with Crippen molar-refractivity contribution in [1.82, 2.24) is 10.6 Å². The third kappa shape index (κ3) is 10.2. The summed E-state index contributed by atoms with van der Waals surface area (Å²) in [5, 5.41) is 22.2. The maximum absolute atomic E-state index is 12.6.